The Hall–Kier alpha value is -3.07. The molecule has 0 saturated carbocycles. The number of benzene rings is 2. The number of aromatic nitrogens is 3. The Kier molecular flexibility index (Phi) is 4.34. The third-order valence-electron chi connectivity index (χ3n) is 3.10. The highest BCUT2D eigenvalue weighted by atomic mass is 79.9. The van der Waals surface area contributed by atoms with Crippen LogP contribution in [0.15, 0.2) is 59.6 Å². The second-order valence-electron chi connectivity index (χ2n) is 4.64. The van der Waals surface area contributed by atoms with E-state index in [2.05, 4.69) is 26.0 Å². The van der Waals surface area contributed by atoms with Gasteiger partial charge in [0.1, 0.15) is 24.1 Å². The molecule has 1 heterocycles. The molecule has 0 bridgehead atoms. The van der Waals surface area contributed by atoms with Crippen molar-refractivity contribution in [1.82, 2.24) is 14.8 Å². The number of halogens is 1. The van der Waals surface area contributed by atoms with Gasteiger partial charge in [-0.3, -0.25) is 10.1 Å². The van der Waals surface area contributed by atoms with Gasteiger partial charge in [-0.05, 0) is 36.4 Å². The quantitative estimate of drug-likeness (QED) is 0.294. The lowest BCUT2D eigenvalue weighted by molar-refractivity contribution is -0.384. The fourth-order valence-electron chi connectivity index (χ4n) is 1.99. The maximum absolute atomic E-state index is 12.2. The van der Waals surface area contributed by atoms with Crippen LogP contribution in [0.4, 0.5) is 5.69 Å². The molecule has 24 heavy (non-hydrogen) atoms. The van der Waals surface area contributed by atoms with Crippen molar-refractivity contribution in [3.63, 3.8) is 0 Å². The molecule has 1 aromatic heterocycles. The number of carbonyl (C=O) groups is 1. The van der Waals surface area contributed by atoms with Gasteiger partial charge in [-0.2, -0.15) is 5.10 Å². The first-order chi connectivity index (χ1) is 11.5. The van der Waals surface area contributed by atoms with Crippen LogP contribution in [-0.4, -0.2) is 25.7 Å². The van der Waals surface area contributed by atoms with Crippen molar-refractivity contribution in [2.75, 3.05) is 0 Å². The van der Waals surface area contributed by atoms with Crippen LogP contribution in [0.5, 0.6) is 5.75 Å². The lowest BCUT2D eigenvalue weighted by Gasteiger charge is -2.06. The fraction of sp³-hybridized carbons (Fsp3) is 0. The SMILES string of the molecule is O=C(Oc1ccc(Br)cc1)c1ccc(-n2cncn2)c([N+](=O)[O-])c1. The minimum atomic E-state index is -0.689. The molecule has 2 aromatic carbocycles. The van der Waals surface area contributed by atoms with Crippen LogP contribution in [-0.2, 0) is 0 Å². The molecule has 0 N–H and O–H groups in total. The van der Waals surface area contributed by atoms with E-state index in [0.29, 0.717) is 5.75 Å². The predicted octanol–water partition coefficient (Wildman–Crippen LogP) is 3.16. The number of hydrogen-bond donors (Lipinski definition) is 0. The van der Waals surface area contributed by atoms with Gasteiger partial charge in [0.15, 0.2) is 0 Å². The maximum atomic E-state index is 12.2. The molecule has 9 heteroatoms. The third-order valence-corrected chi connectivity index (χ3v) is 3.63. The number of esters is 1. The Bertz CT molecular complexity index is 894. The summed E-state index contributed by atoms with van der Waals surface area (Å²) in [4.78, 5) is 26.6. The molecule has 0 aliphatic rings. The van der Waals surface area contributed by atoms with Crippen LogP contribution >= 0.6 is 15.9 Å². The van der Waals surface area contributed by atoms with E-state index in [9.17, 15) is 14.9 Å². The van der Waals surface area contributed by atoms with Crippen molar-refractivity contribution in [3.05, 3.63) is 75.3 Å². The standard InChI is InChI=1S/C15H9BrN4O4/c16-11-2-4-12(5-3-11)24-15(21)10-1-6-13(14(7-10)20(22)23)19-9-17-8-18-19/h1-9H. The average molecular weight is 389 g/mol. The number of carbonyl (C=O) groups excluding carboxylic acids is 1. The van der Waals surface area contributed by atoms with E-state index in [-0.39, 0.29) is 16.9 Å². The first-order valence-electron chi connectivity index (χ1n) is 6.66. The largest absolute Gasteiger partial charge is 0.423 e. The smallest absolute Gasteiger partial charge is 0.343 e. The fourth-order valence-corrected chi connectivity index (χ4v) is 2.26. The summed E-state index contributed by atoms with van der Waals surface area (Å²) in [5, 5.41) is 15.1. The number of nitrogens with zero attached hydrogens (tertiary/aromatic N) is 4. The van der Waals surface area contributed by atoms with E-state index in [4.69, 9.17) is 4.74 Å². The zero-order valence-corrected chi connectivity index (χ0v) is 13.6. The lowest BCUT2D eigenvalue weighted by Crippen LogP contribution is -2.10. The van der Waals surface area contributed by atoms with E-state index >= 15 is 0 Å². The summed E-state index contributed by atoms with van der Waals surface area (Å²) < 4.78 is 7.30. The molecule has 0 amide bonds. The highest BCUT2D eigenvalue weighted by Gasteiger charge is 2.20. The molecular formula is C15H9BrN4O4. The van der Waals surface area contributed by atoms with Crippen molar-refractivity contribution in [3.8, 4) is 11.4 Å². The first-order valence-corrected chi connectivity index (χ1v) is 7.45. The predicted molar refractivity (Wildman–Crippen MR) is 87.1 cm³/mol. The molecule has 8 nitrogen and oxygen atoms in total. The second-order valence-corrected chi connectivity index (χ2v) is 5.56. The number of rotatable bonds is 4. The van der Waals surface area contributed by atoms with Crippen molar-refractivity contribution >= 4 is 27.6 Å². The number of hydrogen-bond acceptors (Lipinski definition) is 6. The zero-order chi connectivity index (χ0) is 17.1. The second kappa shape index (κ2) is 6.59. The summed E-state index contributed by atoms with van der Waals surface area (Å²) in [6, 6.07) is 10.7. The zero-order valence-electron chi connectivity index (χ0n) is 12.0. The molecule has 0 saturated heterocycles. The number of ether oxygens (including phenoxy) is 1. The molecule has 120 valence electrons. The molecule has 0 aliphatic carbocycles. The van der Waals surface area contributed by atoms with Gasteiger partial charge in [-0.1, -0.05) is 15.9 Å². The Balaban J connectivity index is 1.91. The molecule has 0 radical (unpaired) electrons. The molecule has 0 spiro atoms. The van der Waals surface area contributed by atoms with E-state index in [1.165, 1.54) is 29.5 Å². The van der Waals surface area contributed by atoms with Gasteiger partial charge < -0.3 is 4.74 Å². The highest BCUT2D eigenvalue weighted by Crippen LogP contribution is 2.24. The van der Waals surface area contributed by atoms with E-state index in [1.807, 2.05) is 0 Å². The van der Waals surface area contributed by atoms with Gasteiger partial charge in [-0.15, -0.1) is 0 Å². The summed E-state index contributed by atoms with van der Waals surface area (Å²) in [6.07, 6.45) is 2.60. The van der Waals surface area contributed by atoms with Crippen LogP contribution in [0, 0.1) is 10.1 Å². The number of nitro benzene ring substituents is 1. The van der Waals surface area contributed by atoms with Crippen molar-refractivity contribution in [2.24, 2.45) is 0 Å². The van der Waals surface area contributed by atoms with E-state index in [0.717, 1.165) is 10.5 Å². The van der Waals surface area contributed by atoms with Crippen LogP contribution < -0.4 is 4.74 Å². The van der Waals surface area contributed by atoms with Crippen LogP contribution in [0.25, 0.3) is 5.69 Å². The van der Waals surface area contributed by atoms with E-state index < -0.39 is 10.9 Å². The van der Waals surface area contributed by atoms with Gasteiger partial charge in [-0.25, -0.2) is 14.5 Å². The molecular weight excluding hydrogens is 380 g/mol. The van der Waals surface area contributed by atoms with Gasteiger partial charge in [0.2, 0.25) is 0 Å². The van der Waals surface area contributed by atoms with Crippen LogP contribution in [0.2, 0.25) is 0 Å². The maximum Gasteiger partial charge on any atom is 0.343 e. The van der Waals surface area contributed by atoms with E-state index in [1.54, 1.807) is 24.3 Å². The summed E-state index contributed by atoms with van der Waals surface area (Å²) >= 11 is 3.28. The number of nitro groups is 1. The molecule has 0 aliphatic heterocycles. The first kappa shape index (κ1) is 15.8. The Morgan fingerprint density at radius 3 is 2.58 bits per heavy atom. The summed E-state index contributed by atoms with van der Waals surface area (Å²) in [7, 11) is 0. The van der Waals surface area contributed by atoms with Crippen molar-refractivity contribution in [2.45, 2.75) is 0 Å². The minimum absolute atomic E-state index is 0.0634. The van der Waals surface area contributed by atoms with Crippen LogP contribution in [0.3, 0.4) is 0 Å². The van der Waals surface area contributed by atoms with Gasteiger partial charge in [0.25, 0.3) is 5.69 Å². The average Bonchev–Trinajstić information content (AvgIpc) is 3.10. The Morgan fingerprint density at radius 1 is 1.21 bits per heavy atom. The molecule has 3 aromatic rings. The molecule has 0 unspecified atom stereocenters. The normalized spacial score (nSPS) is 10.4. The lowest BCUT2D eigenvalue weighted by atomic mass is 10.1. The topological polar surface area (TPSA) is 100 Å². The Morgan fingerprint density at radius 2 is 1.96 bits per heavy atom. The molecule has 0 atom stereocenters. The van der Waals surface area contributed by atoms with Crippen molar-refractivity contribution in [1.29, 1.82) is 0 Å². The molecule has 3 rings (SSSR count). The van der Waals surface area contributed by atoms with Gasteiger partial charge >= 0.3 is 5.97 Å². The summed E-state index contributed by atoms with van der Waals surface area (Å²) in [6.45, 7) is 0. The molecule has 0 fully saturated rings. The third kappa shape index (κ3) is 3.30. The van der Waals surface area contributed by atoms with Crippen molar-refractivity contribution < 1.29 is 14.5 Å². The Labute approximate surface area is 144 Å². The summed E-state index contributed by atoms with van der Waals surface area (Å²) in [5.74, 6) is -0.350. The van der Waals surface area contributed by atoms with Crippen LogP contribution in [0.1, 0.15) is 10.4 Å². The highest BCUT2D eigenvalue weighted by molar-refractivity contribution is 9.10. The van der Waals surface area contributed by atoms with Gasteiger partial charge in [0.05, 0.1) is 10.5 Å². The van der Waals surface area contributed by atoms with Gasteiger partial charge in [0, 0.05) is 10.5 Å². The monoisotopic (exact) mass is 388 g/mol. The minimum Gasteiger partial charge on any atom is -0.423 e. The summed E-state index contributed by atoms with van der Waals surface area (Å²) in [5.41, 5.74) is -0.00284.